The van der Waals surface area contributed by atoms with Gasteiger partial charge < -0.3 is 46.1 Å². The van der Waals surface area contributed by atoms with Gasteiger partial charge in [0, 0.05) is 48.9 Å². The van der Waals surface area contributed by atoms with Crippen molar-refractivity contribution in [1.29, 1.82) is 0 Å². The van der Waals surface area contributed by atoms with Crippen LogP contribution in [0.5, 0.6) is 23.0 Å². The highest BCUT2D eigenvalue weighted by atomic mass is 79.9. The first kappa shape index (κ1) is 32.7. The minimum atomic E-state index is -0.463. The van der Waals surface area contributed by atoms with E-state index in [0.29, 0.717) is 12.8 Å². The van der Waals surface area contributed by atoms with Gasteiger partial charge in [-0.25, -0.2) is 4.58 Å². The lowest BCUT2D eigenvalue weighted by Gasteiger charge is -2.35. The normalized spacial score (nSPS) is 31.1. The van der Waals surface area contributed by atoms with Crippen molar-refractivity contribution in [1.82, 2.24) is 4.90 Å². The second-order valence-electron chi connectivity index (χ2n) is 14.2. The Labute approximate surface area is 288 Å². The van der Waals surface area contributed by atoms with Gasteiger partial charge >= 0.3 is 0 Å². The topological polar surface area (TPSA) is 83.6 Å². The second-order valence-corrected chi connectivity index (χ2v) is 14.2. The Bertz CT molecular complexity index is 1610. The fourth-order valence-electron chi connectivity index (χ4n) is 9.21. The van der Waals surface area contributed by atoms with E-state index in [9.17, 15) is 10.2 Å². The first-order chi connectivity index (χ1) is 22.4. The molecular weight excluding hydrogens is 660 g/mol. The molecular formula is C38H47BrN2O6. The smallest absolute Gasteiger partial charge is 0.171 e. The summed E-state index contributed by atoms with van der Waals surface area (Å²) in [7, 11) is 3.41. The molecule has 0 aromatic heterocycles. The van der Waals surface area contributed by atoms with Crippen molar-refractivity contribution in [2.75, 3.05) is 40.4 Å². The van der Waals surface area contributed by atoms with E-state index in [4.69, 9.17) is 18.9 Å². The van der Waals surface area contributed by atoms with Gasteiger partial charge in [0.25, 0.3) is 0 Å². The van der Waals surface area contributed by atoms with E-state index < -0.39 is 12.2 Å². The summed E-state index contributed by atoms with van der Waals surface area (Å²) in [6.45, 7) is 5.04. The minimum absolute atomic E-state index is 0. The van der Waals surface area contributed by atoms with Gasteiger partial charge in [-0.2, -0.15) is 0 Å². The van der Waals surface area contributed by atoms with Crippen LogP contribution < -0.4 is 35.9 Å². The third-order valence-electron chi connectivity index (χ3n) is 11.6. The lowest BCUT2D eigenvalue weighted by molar-refractivity contribution is -0.524. The van der Waals surface area contributed by atoms with E-state index in [1.807, 2.05) is 24.3 Å². The van der Waals surface area contributed by atoms with Crippen LogP contribution in [0.15, 0.2) is 48.6 Å². The van der Waals surface area contributed by atoms with Gasteiger partial charge in [0.05, 0.1) is 37.3 Å². The van der Waals surface area contributed by atoms with E-state index in [1.165, 1.54) is 41.5 Å². The number of hydrogen-bond acceptors (Lipinski definition) is 7. The molecule has 8 rings (SSSR count). The average molecular weight is 708 g/mol. The predicted octanol–water partition coefficient (Wildman–Crippen LogP) is 1.65. The summed E-state index contributed by atoms with van der Waals surface area (Å²) in [5, 5.41) is 20.7. The molecule has 0 radical (unpaired) electrons. The molecule has 8 nitrogen and oxygen atoms in total. The number of benzene rings is 2. The number of rotatable bonds is 9. The van der Waals surface area contributed by atoms with E-state index in [0.717, 1.165) is 75.0 Å². The minimum Gasteiger partial charge on any atom is -1.00 e. The highest BCUT2D eigenvalue weighted by molar-refractivity contribution is 5.83. The standard InChI is InChI=1S/C38H47N2O6.BrH/c1-43-29-9-7-25-23-39(19-15-37-13-11-27(41)21-31(37)45-35(29)33(25)37)17-5-3-4-6-18-40-20-16-38-14-12-28(42)22-32(38)46-36-30(44-2)10-8-26(24-40)34(36)38;/h7-14,23,27-28,31-32,41-42H,3-6,15-22,24H2,1-2H3;1H/q+1;/p-1/t27-,28-,31?,32-,37-,38-;/m0./s1. The van der Waals surface area contributed by atoms with E-state index in [-0.39, 0.29) is 40.0 Å². The fourth-order valence-corrected chi connectivity index (χ4v) is 9.21. The molecule has 0 bridgehead atoms. The van der Waals surface area contributed by atoms with E-state index in [2.05, 4.69) is 40.0 Å². The molecule has 6 atom stereocenters. The van der Waals surface area contributed by atoms with Crippen molar-refractivity contribution >= 4 is 6.21 Å². The van der Waals surface area contributed by atoms with Crippen LogP contribution in [0.3, 0.4) is 0 Å². The van der Waals surface area contributed by atoms with Gasteiger partial charge in [-0.3, -0.25) is 4.90 Å². The zero-order valence-electron chi connectivity index (χ0n) is 27.5. The molecule has 0 saturated carbocycles. The molecule has 2 spiro atoms. The Hall–Kier alpha value is -2.85. The summed E-state index contributed by atoms with van der Waals surface area (Å²) in [5.74, 6) is 3.31. The highest BCUT2D eigenvalue weighted by Crippen LogP contribution is 2.56. The number of unbranched alkanes of at least 4 members (excludes halogenated alkanes) is 3. The molecule has 0 amide bonds. The zero-order chi connectivity index (χ0) is 31.5. The average Bonchev–Trinajstić information content (AvgIpc) is 3.44. The summed E-state index contributed by atoms with van der Waals surface area (Å²) in [5.41, 5.74) is 4.66. The van der Waals surface area contributed by atoms with Crippen LogP contribution >= 0.6 is 0 Å². The van der Waals surface area contributed by atoms with Crippen LogP contribution in [0.4, 0.5) is 0 Å². The number of aliphatic hydroxyl groups is 2. The lowest BCUT2D eigenvalue weighted by atomic mass is 9.69. The van der Waals surface area contributed by atoms with Gasteiger partial charge in [-0.05, 0) is 56.1 Å². The van der Waals surface area contributed by atoms with Crippen molar-refractivity contribution < 1.29 is 50.7 Å². The van der Waals surface area contributed by atoms with Crippen LogP contribution in [-0.4, -0.2) is 90.7 Å². The van der Waals surface area contributed by atoms with Gasteiger partial charge in [0.1, 0.15) is 25.3 Å². The Morgan fingerprint density at radius 2 is 1.47 bits per heavy atom. The summed E-state index contributed by atoms with van der Waals surface area (Å²) in [6.07, 6.45) is 17.6. The van der Waals surface area contributed by atoms with Crippen molar-refractivity contribution in [3.63, 3.8) is 0 Å². The van der Waals surface area contributed by atoms with Gasteiger partial charge in [-0.1, -0.05) is 36.8 Å². The van der Waals surface area contributed by atoms with E-state index >= 15 is 0 Å². The maximum atomic E-state index is 10.4. The Morgan fingerprint density at radius 3 is 2.17 bits per heavy atom. The predicted molar refractivity (Wildman–Crippen MR) is 176 cm³/mol. The number of methoxy groups -OCH3 is 2. The largest absolute Gasteiger partial charge is 1.00 e. The number of nitrogens with zero attached hydrogens (tertiary/aromatic N) is 2. The molecule has 47 heavy (non-hydrogen) atoms. The zero-order valence-corrected chi connectivity index (χ0v) is 29.1. The summed E-state index contributed by atoms with van der Waals surface area (Å²) >= 11 is 0. The first-order valence-electron chi connectivity index (χ1n) is 17.3. The monoisotopic (exact) mass is 706 g/mol. The summed E-state index contributed by atoms with van der Waals surface area (Å²) in [4.78, 5) is 2.61. The molecule has 9 heteroatoms. The van der Waals surface area contributed by atoms with Gasteiger partial charge in [0.15, 0.2) is 29.2 Å². The molecule has 1 unspecified atom stereocenters. The maximum absolute atomic E-state index is 10.4. The summed E-state index contributed by atoms with van der Waals surface area (Å²) < 4.78 is 26.8. The van der Waals surface area contributed by atoms with Crippen molar-refractivity contribution in [2.24, 2.45) is 0 Å². The molecule has 4 heterocycles. The number of aliphatic hydroxyl groups excluding tert-OH is 2. The molecule has 4 aliphatic heterocycles. The Kier molecular flexibility index (Phi) is 8.96. The van der Waals surface area contributed by atoms with E-state index in [1.54, 1.807) is 14.2 Å². The van der Waals surface area contributed by atoms with Crippen LogP contribution in [0.1, 0.15) is 73.6 Å². The third-order valence-corrected chi connectivity index (χ3v) is 11.6. The molecule has 6 aliphatic rings. The molecule has 0 saturated heterocycles. The number of hydrogen-bond donors (Lipinski definition) is 2. The highest BCUT2D eigenvalue weighted by Gasteiger charge is 2.54. The van der Waals surface area contributed by atoms with Crippen LogP contribution in [0.2, 0.25) is 0 Å². The SMILES string of the molecule is COc1ccc2c3c1OC1C[C@@H](O)C=C[C@@]31CC[N+](CCCCCCN1CC[C@@]34C=C[C@H](O)C[C@@H]3Oc3c(OC)ccc(c34)C1)=C2.[Br-]. The van der Waals surface area contributed by atoms with Crippen LogP contribution in [-0.2, 0) is 17.4 Å². The molecule has 2 aliphatic carbocycles. The molecule has 2 aromatic rings. The van der Waals surface area contributed by atoms with Gasteiger partial charge in [0.2, 0.25) is 0 Å². The Morgan fingerprint density at radius 1 is 0.830 bits per heavy atom. The molecule has 252 valence electrons. The van der Waals surface area contributed by atoms with Gasteiger partial charge in [-0.15, -0.1) is 0 Å². The Balaban J connectivity index is 0.00000351. The quantitative estimate of drug-likeness (QED) is 0.233. The second kappa shape index (κ2) is 12.9. The molecule has 2 N–H and O–H groups in total. The van der Waals surface area contributed by atoms with Crippen molar-refractivity contribution in [3.8, 4) is 23.0 Å². The van der Waals surface area contributed by atoms with Crippen LogP contribution in [0, 0.1) is 0 Å². The number of halogens is 1. The van der Waals surface area contributed by atoms with Crippen molar-refractivity contribution in [2.45, 2.75) is 93.2 Å². The number of ether oxygens (including phenoxy) is 4. The summed E-state index contributed by atoms with van der Waals surface area (Å²) in [6, 6.07) is 8.46. The first-order valence-corrected chi connectivity index (χ1v) is 17.3. The molecule has 0 fully saturated rings. The maximum Gasteiger partial charge on any atom is 0.171 e. The van der Waals surface area contributed by atoms with Crippen molar-refractivity contribution in [3.05, 3.63) is 70.8 Å². The lowest BCUT2D eigenvalue weighted by Crippen LogP contribution is -3.00. The molecule has 2 aromatic carbocycles. The fraction of sp³-hybridized carbons (Fsp3) is 0.553. The van der Waals surface area contributed by atoms with Crippen LogP contribution in [0.25, 0.3) is 0 Å². The third kappa shape index (κ3) is 5.42.